The highest BCUT2D eigenvalue weighted by atomic mass is 32.1. The van der Waals surface area contributed by atoms with Gasteiger partial charge >= 0.3 is 0 Å². The van der Waals surface area contributed by atoms with Crippen LogP contribution in [-0.4, -0.2) is 35.4 Å². The molecule has 1 rings (SSSR count). The van der Waals surface area contributed by atoms with E-state index in [2.05, 4.69) is 17.5 Å². The van der Waals surface area contributed by atoms with Crippen molar-refractivity contribution in [3.8, 4) is 0 Å². The Morgan fingerprint density at radius 1 is 1.29 bits per heavy atom. The van der Waals surface area contributed by atoms with Crippen LogP contribution in [0.4, 0.5) is 14.5 Å². The van der Waals surface area contributed by atoms with Gasteiger partial charge in [0, 0.05) is 31.6 Å². The fraction of sp³-hybridized carbons (Fsp3) is 0.429. The van der Waals surface area contributed by atoms with Crippen LogP contribution in [0.3, 0.4) is 0 Å². The van der Waals surface area contributed by atoms with Gasteiger partial charge in [0.2, 0.25) is 5.91 Å². The van der Waals surface area contributed by atoms with Gasteiger partial charge in [-0.05, 0) is 26.0 Å². The number of anilines is 1. The Balaban J connectivity index is 2.68. The number of nitrogens with two attached hydrogens (primary N) is 1. The zero-order valence-electron chi connectivity index (χ0n) is 12.1. The molecule has 0 radical (unpaired) electrons. The van der Waals surface area contributed by atoms with E-state index in [1.54, 1.807) is 4.90 Å². The Bertz CT molecular complexity index is 510. The van der Waals surface area contributed by atoms with Gasteiger partial charge in [-0.3, -0.25) is 4.79 Å². The number of benzene rings is 1. The van der Waals surface area contributed by atoms with Gasteiger partial charge in [-0.25, -0.2) is 8.78 Å². The molecule has 1 amide bonds. The van der Waals surface area contributed by atoms with E-state index in [1.807, 2.05) is 13.8 Å². The second-order valence-electron chi connectivity index (χ2n) is 4.42. The highest BCUT2D eigenvalue weighted by molar-refractivity contribution is 7.80. The molecular weight excluding hydrogens is 296 g/mol. The monoisotopic (exact) mass is 315 g/mol. The first kappa shape index (κ1) is 17.3. The van der Waals surface area contributed by atoms with Crippen molar-refractivity contribution < 1.29 is 13.6 Å². The first-order chi connectivity index (χ1) is 9.90. The van der Waals surface area contributed by atoms with Crippen LogP contribution >= 0.6 is 12.2 Å². The summed E-state index contributed by atoms with van der Waals surface area (Å²) in [4.78, 5) is 13.4. The summed E-state index contributed by atoms with van der Waals surface area (Å²) in [6, 6.07) is 2.14. The molecule has 4 nitrogen and oxygen atoms in total. The third-order valence-electron chi connectivity index (χ3n) is 3.08. The Morgan fingerprint density at radius 3 is 2.24 bits per heavy atom. The minimum Gasteiger partial charge on any atom is -0.389 e. The quantitative estimate of drug-likeness (QED) is 0.758. The van der Waals surface area contributed by atoms with Crippen molar-refractivity contribution in [3.05, 3.63) is 29.3 Å². The summed E-state index contributed by atoms with van der Waals surface area (Å²) in [5, 5.41) is 2.60. The topological polar surface area (TPSA) is 58.4 Å². The molecule has 0 aromatic heterocycles. The molecule has 116 valence electrons. The number of nitrogens with one attached hydrogen (secondary N) is 1. The number of carbonyl (C=O) groups is 1. The second-order valence-corrected chi connectivity index (χ2v) is 4.86. The first-order valence-electron chi connectivity index (χ1n) is 6.71. The minimum absolute atomic E-state index is 0.0620. The van der Waals surface area contributed by atoms with Crippen molar-refractivity contribution in [2.24, 2.45) is 5.73 Å². The number of nitrogens with zero attached hydrogens (tertiary/aromatic N) is 1. The van der Waals surface area contributed by atoms with Gasteiger partial charge in [-0.15, -0.1) is 0 Å². The van der Waals surface area contributed by atoms with Gasteiger partial charge in [-0.2, -0.15) is 0 Å². The van der Waals surface area contributed by atoms with E-state index in [0.29, 0.717) is 13.1 Å². The summed E-state index contributed by atoms with van der Waals surface area (Å²) in [5.41, 5.74) is 5.19. The van der Waals surface area contributed by atoms with Crippen LogP contribution in [0.2, 0.25) is 0 Å². The number of amides is 1. The summed E-state index contributed by atoms with van der Waals surface area (Å²) < 4.78 is 27.5. The first-order valence-corrected chi connectivity index (χ1v) is 7.12. The fourth-order valence-corrected chi connectivity index (χ4v) is 2.03. The van der Waals surface area contributed by atoms with Crippen LogP contribution in [0.25, 0.3) is 0 Å². The summed E-state index contributed by atoms with van der Waals surface area (Å²) in [5.74, 6) is -1.63. The normalized spacial score (nSPS) is 10.3. The average Bonchev–Trinajstić information content (AvgIpc) is 2.42. The minimum atomic E-state index is -0.784. The lowest BCUT2D eigenvalue weighted by Gasteiger charge is -2.19. The van der Waals surface area contributed by atoms with E-state index in [0.717, 1.165) is 12.1 Å². The van der Waals surface area contributed by atoms with E-state index in [9.17, 15) is 13.6 Å². The standard InChI is InChI=1S/C14H19F2N3OS/c1-3-19(4-2)12(20)5-6-18-13-10(15)7-9(14(17)21)8-11(13)16/h7-8,18H,3-6H2,1-2H3,(H2,17,21). The van der Waals surface area contributed by atoms with Crippen molar-refractivity contribution >= 4 is 28.8 Å². The fourth-order valence-electron chi connectivity index (χ4n) is 1.91. The predicted octanol–water partition coefficient (Wildman–Crippen LogP) is 2.27. The van der Waals surface area contributed by atoms with Crippen LogP contribution in [0.15, 0.2) is 12.1 Å². The molecule has 0 atom stereocenters. The van der Waals surface area contributed by atoms with Gasteiger partial charge in [0.25, 0.3) is 0 Å². The Hall–Kier alpha value is -1.76. The second kappa shape index (κ2) is 7.87. The lowest BCUT2D eigenvalue weighted by molar-refractivity contribution is -0.130. The largest absolute Gasteiger partial charge is 0.389 e. The van der Waals surface area contributed by atoms with Crippen LogP contribution in [-0.2, 0) is 4.79 Å². The number of hydrogen-bond donors (Lipinski definition) is 2. The van der Waals surface area contributed by atoms with E-state index >= 15 is 0 Å². The summed E-state index contributed by atoms with van der Waals surface area (Å²) in [6.07, 6.45) is 0.164. The lowest BCUT2D eigenvalue weighted by Crippen LogP contribution is -2.31. The molecule has 7 heteroatoms. The van der Waals surface area contributed by atoms with Crippen LogP contribution < -0.4 is 11.1 Å². The van der Waals surface area contributed by atoms with Gasteiger partial charge < -0.3 is 16.0 Å². The van der Waals surface area contributed by atoms with Crippen molar-refractivity contribution in [1.29, 1.82) is 0 Å². The summed E-state index contributed by atoms with van der Waals surface area (Å²) in [6.45, 7) is 5.13. The van der Waals surface area contributed by atoms with Crippen molar-refractivity contribution in [3.63, 3.8) is 0 Å². The predicted molar refractivity (Wildman–Crippen MR) is 83.3 cm³/mol. The third-order valence-corrected chi connectivity index (χ3v) is 3.32. The van der Waals surface area contributed by atoms with Crippen LogP contribution in [0.1, 0.15) is 25.8 Å². The molecule has 3 N–H and O–H groups in total. The SMILES string of the molecule is CCN(CC)C(=O)CCNc1c(F)cc(C(N)=S)cc1F. The number of thiocarbonyl (C=S) groups is 1. The van der Waals surface area contributed by atoms with E-state index in [4.69, 9.17) is 5.73 Å². The molecule has 0 saturated carbocycles. The molecule has 0 aliphatic rings. The zero-order chi connectivity index (χ0) is 16.0. The molecule has 0 heterocycles. The van der Waals surface area contributed by atoms with E-state index in [-0.39, 0.29) is 35.1 Å². The number of rotatable bonds is 7. The number of halogens is 2. The maximum atomic E-state index is 13.8. The molecule has 1 aromatic rings. The molecule has 1 aromatic carbocycles. The van der Waals surface area contributed by atoms with E-state index in [1.165, 1.54) is 0 Å². The van der Waals surface area contributed by atoms with E-state index < -0.39 is 11.6 Å². The molecule has 0 fully saturated rings. The van der Waals surface area contributed by atoms with Gasteiger partial charge in [0.15, 0.2) is 0 Å². The molecule has 0 aliphatic heterocycles. The zero-order valence-corrected chi connectivity index (χ0v) is 12.9. The third kappa shape index (κ3) is 4.63. The molecular formula is C14H19F2N3OS. The highest BCUT2D eigenvalue weighted by Gasteiger charge is 2.14. The van der Waals surface area contributed by atoms with Crippen molar-refractivity contribution in [2.45, 2.75) is 20.3 Å². The molecule has 0 aliphatic carbocycles. The van der Waals surface area contributed by atoms with Gasteiger partial charge in [-0.1, -0.05) is 12.2 Å². The average molecular weight is 315 g/mol. The number of carbonyl (C=O) groups excluding carboxylic acids is 1. The molecule has 0 bridgehead atoms. The maximum absolute atomic E-state index is 13.8. The van der Waals surface area contributed by atoms with Crippen molar-refractivity contribution in [2.75, 3.05) is 25.0 Å². The van der Waals surface area contributed by atoms with Gasteiger partial charge in [0.1, 0.15) is 22.3 Å². The maximum Gasteiger partial charge on any atom is 0.224 e. The smallest absolute Gasteiger partial charge is 0.224 e. The molecule has 0 unspecified atom stereocenters. The Kier molecular flexibility index (Phi) is 6.48. The molecule has 0 spiro atoms. The summed E-state index contributed by atoms with van der Waals surface area (Å²) >= 11 is 4.68. The Morgan fingerprint density at radius 2 is 1.81 bits per heavy atom. The van der Waals surface area contributed by atoms with Crippen LogP contribution in [0, 0.1) is 11.6 Å². The van der Waals surface area contributed by atoms with Crippen LogP contribution in [0.5, 0.6) is 0 Å². The molecule has 0 saturated heterocycles. The molecule has 21 heavy (non-hydrogen) atoms. The van der Waals surface area contributed by atoms with Crippen molar-refractivity contribution in [1.82, 2.24) is 4.90 Å². The lowest BCUT2D eigenvalue weighted by atomic mass is 10.2. The Labute approximate surface area is 128 Å². The number of hydrogen-bond acceptors (Lipinski definition) is 3. The summed E-state index contributed by atoms with van der Waals surface area (Å²) in [7, 11) is 0. The highest BCUT2D eigenvalue weighted by Crippen LogP contribution is 2.20. The van der Waals surface area contributed by atoms with Gasteiger partial charge in [0.05, 0.1) is 0 Å².